The second-order valence-corrected chi connectivity index (χ2v) is 4.85. The maximum Gasteiger partial charge on any atom is 0.108 e. The molecule has 2 heterocycles. The van der Waals surface area contributed by atoms with E-state index in [-0.39, 0.29) is 0 Å². The van der Waals surface area contributed by atoms with Crippen molar-refractivity contribution in [1.29, 1.82) is 0 Å². The average Bonchev–Trinajstić information content (AvgIpc) is 2.81. The average molecular weight is 190 g/mol. The Bertz CT molecular complexity index is 340. The Morgan fingerprint density at radius 3 is 2.79 bits per heavy atom. The fraction of sp³-hybridized carbons (Fsp3) is 0.667. The normalized spacial score (nSPS) is 35.6. The van der Waals surface area contributed by atoms with Crippen LogP contribution >= 0.6 is 0 Å². The van der Waals surface area contributed by atoms with Gasteiger partial charge in [-0.2, -0.15) is 0 Å². The summed E-state index contributed by atoms with van der Waals surface area (Å²) >= 11 is 0. The molecule has 2 heteroatoms. The van der Waals surface area contributed by atoms with Gasteiger partial charge in [0.2, 0.25) is 0 Å². The molecule has 0 radical (unpaired) electrons. The molecule has 3 atom stereocenters. The molecule has 2 bridgehead atoms. The Morgan fingerprint density at radius 2 is 2.21 bits per heavy atom. The summed E-state index contributed by atoms with van der Waals surface area (Å²) in [6, 6.07) is 5.97. The molecule has 14 heavy (non-hydrogen) atoms. The van der Waals surface area contributed by atoms with Crippen molar-refractivity contribution in [3.8, 4) is 0 Å². The monoisotopic (exact) mass is 190 g/mol. The van der Waals surface area contributed by atoms with Crippen molar-refractivity contribution < 1.29 is 0 Å². The van der Waals surface area contributed by atoms with E-state index in [2.05, 4.69) is 41.8 Å². The zero-order chi connectivity index (χ0) is 9.71. The minimum atomic E-state index is 0.752. The quantitative estimate of drug-likeness (QED) is 0.660. The van der Waals surface area contributed by atoms with Crippen LogP contribution in [0.3, 0.4) is 0 Å². The van der Waals surface area contributed by atoms with E-state index in [1.54, 1.807) is 0 Å². The molecule has 1 aliphatic carbocycles. The van der Waals surface area contributed by atoms with Crippen LogP contribution in [0.2, 0.25) is 0 Å². The van der Waals surface area contributed by atoms with Gasteiger partial charge in [-0.1, -0.05) is 0 Å². The number of hydrogen-bond acceptors (Lipinski definition) is 1. The third-order valence-electron chi connectivity index (χ3n) is 4.14. The van der Waals surface area contributed by atoms with Gasteiger partial charge in [-0.05, 0) is 44.2 Å². The van der Waals surface area contributed by atoms with Crippen molar-refractivity contribution >= 4 is 5.82 Å². The van der Waals surface area contributed by atoms with E-state index in [1.807, 2.05) is 0 Å². The number of fused-ring (bicyclic) bond motifs is 2. The zero-order valence-corrected chi connectivity index (χ0v) is 8.98. The molecule has 2 fully saturated rings. The fourth-order valence-corrected chi connectivity index (χ4v) is 3.36. The van der Waals surface area contributed by atoms with E-state index in [0.717, 1.165) is 18.0 Å². The third kappa shape index (κ3) is 0.969. The number of aryl methyl sites for hydroxylation is 1. The second kappa shape index (κ2) is 2.78. The van der Waals surface area contributed by atoms with Crippen LogP contribution in [0.4, 0.5) is 5.82 Å². The van der Waals surface area contributed by atoms with E-state index in [1.165, 1.54) is 25.1 Å². The molecule has 0 amide bonds. The Hall–Kier alpha value is -0.920. The lowest BCUT2D eigenvalue weighted by Crippen LogP contribution is -2.39. The topological polar surface area (TPSA) is 8.17 Å². The highest BCUT2D eigenvalue weighted by Crippen LogP contribution is 2.44. The number of anilines is 1. The first-order valence-corrected chi connectivity index (χ1v) is 5.67. The van der Waals surface area contributed by atoms with Gasteiger partial charge in [0.15, 0.2) is 0 Å². The highest BCUT2D eigenvalue weighted by atomic mass is 15.3. The first-order valence-electron chi connectivity index (χ1n) is 5.67. The lowest BCUT2D eigenvalue weighted by molar-refractivity contribution is 0.449. The SMILES string of the molecule is CC1C2CCC(C2)N1c1cccn1C. The molecule has 1 aromatic heterocycles. The van der Waals surface area contributed by atoms with Gasteiger partial charge >= 0.3 is 0 Å². The zero-order valence-electron chi connectivity index (χ0n) is 8.98. The number of rotatable bonds is 1. The molecule has 2 nitrogen and oxygen atoms in total. The largest absolute Gasteiger partial charge is 0.352 e. The van der Waals surface area contributed by atoms with Crippen molar-refractivity contribution in [3.05, 3.63) is 18.3 Å². The molecular weight excluding hydrogens is 172 g/mol. The Balaban J connectivity index is 1.96. The predicted octanol–water partition coefficient (Wildman–Crippen LogP) is 2.40. The van der Waals surface area contributed by atoms with Crippen LogP contribution in [0, 0.1) is 5.92 Å². The molecule has 0 N–H and O–H groups in total. The van der Waals surface area contributed by atoms with E-state index in [9.17, 15) is 0 Å². The summed E-state index contributed by atoms with van der Waals surface area (Å²) in [5.41, 5.74) is 0. The van der Waals surface area contributed by atoms with E-state index in [0.29, 0.717) is 0 Å². The van der Waals surface area contributed by atoms with Gasteiger partial charge in [0, 0.05) is 25.3 Å². The van der Waals surface area contributed by atoms with Gasteiger partial charge in [-0.15, -0.1) is 0 Å². The molecular formula is C12H18N2. The van der Waals surface area contributed by atoms with Crippen molar-refractivity contribution in [2.24, 2.45) is 13.0 Å². The van der Waals surface area contributed by atoms with E-state index >= 15 is 0 Å². The molecule has 3 rings (SSSR count). The summed E-state index contributed by atoms with van der Waals surface area (Å²) in [5.74, 6) is 2.36. The standard InChI is InChI=1S/C12H18N2/c1-9-10-5-6-11(8-10)14(9)12-4-3-7-13(12)2/h3-4,7,9-11H,5-6,8H2,1-2H3. The van der Waals surface area contributed by atoms with Crippen LogP contribution in [-0.4, -0.2) is 16.7 Å². The predicted molar refractivity (Wildman–Crippen MR) is 58.5 cm³/mol. The summed E-state index contributed by atoms with van der Waals surface area (Å²) in [5, 5.41) is 0. The minimum absolute atomic E-state index is 0.752. The number of hydrogen-bond donors (Lipinski definition) is 0. The first kappa shape index (κ1) is 8.39. The smallest absolute Gasteiger partial charge is 0.108 e. The molecule has 0 spiro atoms. The lowest BCUT2D eigenvalue weighted by Gasteiger charge is -2.35. The highest BCUT2D eigenvalue weighted by Gasteiger charge is 2.43. The molecule has 3 unspecified atom stereocenters. The van der Waals surface area contributed by atoms with Crippen LogP contribution in [0.5, 0.6) is 0 Å². The first-order chi connectivity index (χ1) is 6.77. The van der Waals surface area contributed by atoms with Gasteiger partial charge in [0.25, 0.3) is 0 Å². The highest BCUT2D eigenvalue weighted by molar-refractivity contribution is 5.45. The minimum Gasteiger partial charge on any atom is -0.352 e. The molecule has 1 saturated carbocycles. The summed E-state index contributed by atoms with van der Waals surface area (Å²) < 4.78 is 2.25. The summed E-state index contributed by atoms with van der Waals surface area (Å²) in [6.07, 6.45) is 6.42. The van der Waals surface area contributed by atoms with Crippen molar-refractivity contribution in [3.63, 3.8) is 0 Å². The lowest BCUT2D eigenvalue weighted by atomic mass is 10.0. The molecule has 2 aliphatic rings. The van der Waals surface area contributed by atoms with Gasteiger partial charge in [0.05, 0.1) is 0 Å². The van der Waals surface area contributed by atoms with Crippen LogP contribution in [0.1, 0.15) is 26.2 Å². The van der Waals surface area contributed by atoms with E-state index in [4.69, 9.17) is 0 Å². The van der Waals surface area contributed by atoms with Gasteiger partial charge in [-0.25, -0.2) is 0 Å². The molecule has 1 aliphatic heterocycles. The van der Waals surface area contributed by atoms with Crippen LogP contribution in [-0.2, 0) is 7.05 Å². The second-order valence-electron chi connectivity index (χ2n) is 4.85. The van der Waals surface area contributed by atoms with Crippen molar-refractivity contribution in [1.82, 2.24) is 4.57 Å². The fourth-order valence-electron chi connectivity index (χ4n) is 3.36. The van der Waals surface area contributed by atoms with Gasteiger partial charge in [-0.3, -0.25) is 0 Å². The molecule has 76 valence electrons. The Labute approximate surface area is 85.5 Å². The number of aromatic nitrogens is 1. The number of nitrogens with zero attached hydrogens (tertiary/aromatic N) is 2. The van der Waals surface area contributed by atoms with E-state index < -0.39 is 0 Å². The number of piperidine rings is 1. The van der Waals surface area contributed by atoms with Crippen LogP contribution < -0.4 is 4.90 Å². The van der Waals surface area contributed by atoms with Crippen molar-refractivity contribution in [2.75, 3.05) is 4.90 Å². The summed E-state index contributed by atoms with van der Waals surface area (Å²) in [6.45, 7) is 2.39. The van der Waals surface area contributed by atoms with Crippen LogP contribution in [0.25, 0.3) is 0 Å². The summed E-state index contributed by atoms with van der Waals surface area (Å²) in [4.78, 5) is 2.63. The Kier molecular flexibility index (Phi) is 1.67. The molecule has 1 saturated heterocycles. The molecule has 0 aromatic carbocycles. The van der Waals surface area contributed by atoms with Gasteiger partial charge in [0.1, 0.15) is 5.82 Å². The maximum atomic E-state index is 2.63. The maximum absolute atomic E-state index is 2.63. The molecule has 1 aromatic rings. The third-order valence-corrected chi connectivity index (χ3v) is 4.14. The van der Waals surface area contributed by atoms with Gasteiger partial charge < -0.3 is 9.47 Å². The van der Waals surface area contributed by atoms with Crippen LogP contribution in [0.15, 0.2) is 18.3 Å². The summed E-state index contributed by atoms with van der Waals surface area (Å²) in [7, 11) is 2.15. The van der Waals surface area contributed by atoms with Crippen molar-refractivity contribution in [2.45, 2.75) is 38.3 Å². The Morgan fingerprint density at radius 1 is 1.36 bits per heavy atom.